The van der Waals surface area contributed by atoms with Gasteiger partial charge in [0.05, 0.1) is 6.26 Å². The van der Waals surface area contributed by atoms with Gasteiger partial charge in [-0.3, -0.25) is 9.54 Å². The van der Waals surface area contributed by atoms with Crippen LogP contribution in [0.1, 0.15) is 5.69 Å². The second-order valence-electron chi connectivity index (χ2n) is 2.20. The maximum absolute atomic E-state index is 9.19. The van der Waals surface area contributed by atoms with Gasteiger partial charge in [0, 0.05) is 11.9 Å². The number of rotatable bonds is 0. The zero-order chi connectivity index (χ0) is 9.61. The van der Waals surface area contributed by atoms with E-state index in [9.17, 15) is 8.42 Å². The molecule has 0 aromatic carbocycles. The van der Waals surface area contributed by atoms with E-state index >= 15 is 0 Å². The predicted octanol–water partition coefficient (Wildman–Crippen LogP) is 0.246. The molecule has 0 saturated carbocycles. The monoisotopic (exact) mass is 213 g/mol. The second kappa shape index (κ2) is 7.46. The van der Waals surface area contributed by atoms with Gasteiger partial charge in [-0.05, 0) is 19.1 Å². The van der Waals surface area contributed by atoms with Crippen LogP contribution in [0.25, 0.3) is 0 Å². The number of pyridine rings is 1. The molecule has 13 heavy (non-hydrogen) atoms. The molecule has 0 radical (unpaired) electrons. The average Bonchev–Trinajstić information content (AvgIpc) is 1.85. The number of hydrogen-bond acceptors (Lipinski definition) is 3. The molecule has 1 aromatic heterocycles. The molecule has 0 bridgehead atoms. The third-order valence-corrected chi connectivity index (χ3v) is 0.813. The van der Waals surface area contributed by atoms with Crippen molar-refractivity contribution in [2.24, 2.45) is 0 Å². The first kappa shape index (κ1) is 15.5. The SMILES string of the molecule is CS(=O)(=O)O.Cc1ccccn1.[NaH]. The Morgan fingerprint density at radius 3 is 2.00 bits per heavy atom. The van der Waals surface area contributed by atoms with Crippen LogP contribution in [0.3, 0.4) is 0 Å². The maximum atomic E-state index is 9.19. The van der Waals surface area contributed by atoms with Gasteiger partial charge in [0.25, 0.3) is 10.1 Å². The number of hydrogen-bond donors (Lipinski definition) is 1. The molecule has 0 fully saturated rings. The second-order valence-corrected chi connectivity index (χ2v) is 3.67. The van der Waals surface area contributed by atoms with Crippen LogP contribution in [0.5, 0.6) is 0 Å². The fourth-order valence-electron chi connectivity index (χ4n) is 0.448. The Labute approximate surface area is 100 Å². The van der Waals surface area contributed by atoms with Gasteiger partial charge in [0.15, 0.2) is 0 Å². The summed E-state index contributed by atoms with van der Waals surface area (Å²) in [6.07, 6.45) is 2.50. The zero-order valence-electron chi connectivity index (χ0n) is 6.93. The fraction of sp³-hybridized carbons (Fsp3) is 0.286. The normalized spacial score (nSPS) is 9.15. The van der Waals surface area contributed by atoms with E-state index in [0.717, 1.165) is 5.69 Å². The van der Waals surface area contributed by atoms with E-state index in [0.29, 0.717) is 6.26 Å². The Kier molecular flexibility index (Phi) is 8.91. The molecule has 0 amide bonds. The zero-order valence-corrected chi connectivity index (χ0v) is 7.75. The summed E-state index contributed by atoms with van der Waals surface area (Å²) in [7, 11) is -3.67. The summed E-state index contributed by atoms with van der Waals surface area (Å²) in [6.45, 7) is 1.97. The van der Waals surface area contributed by atoms with Gasteiger partial charge in [-0.15, -0.1) is 0 Å². The molecule has 0 unspecified atom stereocenters. The Hall–Kier alpha value is 0.0600. The van der Waals surface area contributed by atoms with Crippen molar-refractivity contribution in [3.05, 3.63) is 30.1 Å². The van der Waals surface area contributed by atoms with Crippen LogP contribution in [0.4, 0.5) is 0 Å². The van der Waals surface area contributed by atoms with Crippen LogP contribution in [0.2, 0.25) is 0 Å². The van der Waals surface area contributed by atoms with Crippen LogP contribution in [-0.2, 0) is 10.1 Å². The van der Waals surface area contributed by atoms with E-state index in [-0.39, 0.29) is 29.6 Å². The van der Waals surface area contributed by atoms with Gasteiger partial charge in [-0.25, -0.2) is 0 Å². The summed E-state index contributed by atoms with van der Waals surface area (Å²) in [5.74, 6) is 0. The molecule has 6 heteroatoms. The molecule has 4 nitrogen and oxygen atoms in total. The summed E-state index contributed by atoms with van der Waals surface area (Å²) < 4.78 is 25.9. The Balaban J connectivity index is 0. The molecular formula is C7H12NNaO3S. The van der Waals surface area contributed by atoms with Crippen LogP contribution in [0.15, 0.2) is 24.4 Å². The third kappa shape index (κ3) is 18.8. The van der Waals surface area contributed by atoms with E-state index in [1.165, 1.54) is 0 Å². The first-order valence-corrected chi connectivity index (χ1v) is 5.04. The van der Waals surface area contributed by atoms with Crippen LogP contribution < -0.4 is 0 Å². The molecule has 0 aliphatic heterocycles. The number of aryl methyl sites for hydroxylation is 1. The molecule has 70 valence electrons. The molecule has 1 heterocycles. The van der Waals surface area contributed by atoms with Crippen molar-refractivity contribution in [1.82, 2.24) is 4.98 Å². The van der Waals surface area contributed by atoms with E-state index in [2.05, 4.69) is 4.98 Å². The molecule has 0 spiro atoms. The molecule has 0 aliphatic rings. The molecule has 0 aliphatic carbocycles. The van der Waals surface area contributed by atoms with Gasteiger partial charge in [0.2, 0.25) is 0 Å². The van der Waals surface area contributed by atoms with E-state index < -0.39 is 10.1 Å². The summed E-state index contributed by atoms with van der Waals surface area (Å²) in [5, 5.41) is 0. The van der Waals surface area contributed by atoms with E-state index in [4.69, 9.17) is 4.55 Å². The molecule has 1 rings (SSSR count). The average molecular weight is 213 g/mol. The quantitative estimate of drug-likeness (QED) is 0.495. The molecule has 0 atom stereocenters. The number of aromatic nitrogens is 1. The summed E-state index contributed by atoms with van der Waals surface area (Å²) in [5.41, 5.74) is 1.07. The first-order chi connectivity index (χ1) is 5.39. The van der Waals surface area contributed by atoms with Gasteiger partial charge in [-0.2, -0.15) is 8.42 Å². The van der Waals surface area contributed by atoms with Crippen molar-refractivity contribution >= 4 is 39.7 Å². The topological polar surface area (TPSA) is 67.3 Å². The summed E-state index contributed by atoms with van der Waals surface area (Å²) in [6, 6.07) is 5.86. The van der Waals surface area contributed by atoms with Crippen molar-refractivity contribution in [2.45, 2.75) is 6.92 Å². The minimum atomic E-state index is -3.67. The van der Waals surface area contributed by atoms with Crippen LogP contribution >= 0.6 is 0 Å². The van der Waals surface area contributed by atoms with E-state index in [1.807, 2.05) is 25.1 Å². The van der Waals surface area contributed by atoms with Crippen molar-refractivity contribution < 1.29 is 13.0 Å². The molecule has 1 aromatic rings. The summed E-state index contributed by atoms with van der Waals surface area (Å²) >= 11 is 0. The van der Waals surface area contributed by atoms with Crippen molar-refractivity contribution in [3.63, 3.8) is 0 Å². The van der Waals surface area contributed by atoms with Gasteiger partial charge in [0.1, 0.15) is 0 Å². The Morgan fingerprint density at radius 2 is 1.85 bits per heavy atom. The minimum absolute atomic E-state index is 0. The Morgan fingerprint density at radius 1 is 1.38 bits per heavy atom. The first-order valence-electron chi connectivity index (χ1n) is 3.19. The van der Waals surface area contributed by atoms with Crippen LogP contribution in [0, 0.1) is 6.92 Å². The predicted molar refractivity (Wildman–Crippen MR) is 53.6 cm³/mol. The fourth-order valence-corrected chi connectivity index (χ4v) is 0.448. The standard InChI is InChI=1S/C6H7N.CH4O3S.Na.H/c1-6-4-2-3-5-7-6;1-5(2,3)4;;/h2-5H,1H3;1H3,(H,2,3,4);;. The number of nitrogens with zero attached hydrogens (tertiary/aromatic N) is 1. The van der Waals surface area contributed by atoms with Crippen LogP contribution in [-0.4, -0.2) is 53.8 Å². The molecule has 1 N–H and O–H groups in total. The summed E-state index contributed by atoms with van der Waals surface area (Å²) in [4.78, 5) is 3.98. The van der Waals surface area contributed by atoms with Gasteiger partial charge < -0.3 is 0 Å². The van der Waals surface area contributed by atoms with Gasteiger partial charge >= 0.3 is 29.6 Å². The van der Waals surface area contributed by atoms with Crippen molar-refractivity contribution in [3.8, 4) is 0 Å². The third-order valence-electron chi connectivity index (χ3n) is 0.813. The molecule has 0 saturated heterocycles. The van der Waals surface area contributed by atoms with Crippen molar-refractivity contribution in [1.29, 1.82) is 0 Å². The van der Waals surface area contributed by atoms with E-state index in [1.54, 1.807) is 6.20 Å². The molecular weight excluding hydrogens is 201 g/mol. The van der Waals surface area contributed by atoms with Crippen molar-refractivity contribution in [2.75, 3.05) is 6.26 Å². The Bertz CT molecular complexity index is 304. The van der Waals surface area contributed by atoms with Gasteiger partial charge in [-0.1, -0.05) is 6.07 Å².